The molecule has 8 heteroatoms. The van der Waals surface area contributed by atoms with Gasteiger partial charge in [-0.05, 0) is 48.9 Å². The van der Waals surface area contributed by atoms with E-state index in [2.05, 4.69) is 4.99 Å². The first-order valence-electron chi connectivity index (χ1n) is 8.72. The molecule has 0 aliphatic carbocycles. The fourth-order valence-corrected chi connectivity index (χ4v) is 4.65. The van der Waals surface area contributed by atoms with Crippen LogP contribution in [0, 0.1) is 0 Å². The molecular formula is C20H20N2O3S3. The summed E-state index contributed by atoms with van der Waals surface area (Å²) < 4.78 is 8.01. The first-order chi connectivity index (χ1) is 13.6. The number of hydrogen-bond acceptors (Lipinski definition) is 6. The van der Waals surface area contributed by atoms with Crippen LogP contribution in [0.1, 0.15) is 22.2 Å². The molecule has 146 valence electrons. The van der Waals surface area contributed by atoms with E-state index in [1.54, 1.807) is 48.2 Å². The molecule has 0 atom stereocenters. The zero-order valence-electron chi connectivity index (χ0n) is 15.6. The van der Waals surface area contributed by atoms with Crippen LogP contribution >= 0.6 is 34.4 Å². The Morgan fingerprint density at radius 1 is 1.32 bits per heavy atom. The molecule has 0 fully saturated rings. The van der Waals surface area contributed by atoms with Crippen molar-refractivity contribution in [1.29, 1.82) is 0 Å². The smallest absolute Gasteiger partial charge is 0.338 e. The van der Waals surface area contributed by atoms with E-state index in [1.807, 2.05) is 34.4 Å². The van der Waals surface area contributed by atoms with Crippen molar-refractivity contribution in [3.05, 3.63) is 57.0 Å². The number of carbonyl (C=O) groups is 2. The Bertz CT molecular complexity index is 1060. The van der Waals surface area contributed by atoms with Crippen LogP contribution in [0.25, 0.3) is 16.3 Å². The number of fused-ring (bicyclic) bond motifs is 1. The number of nitrogens with zero attached hydrogens (tertiary/aromatic N) is 2. The summed E-state index contributed by atoms with van der Waals surface area (Å²) in [5, 5.41) is 1.96. The molecule has 28 heavy (non-hydrogen) atoms. The van der Waals surface area contributed by atoms with Crippen LogP contribution in [0.15, 0.2) is 46.8 Å². The predicted octanol–water partition coefficient (Wildman–Crippen LogP) is 4.44. The Morgan fingerprint density at radius 2 is 2.18 bits per heavy atom. The third kappa shape index (κ3) is 5.01. The molecule has 0 unspecified atom stereocenters. The molecule has 0 aliphatic rings. The second-order valence-electron chi connectivity index (χ2n) is 5.73. The van der Waals surface area contributed by atoms with Gasteiger partial charge in [-0.2, -0.15) is 16.8 Å². The van der Waals surface area contributed by atoms with Gasteiger partial charge in [0.05, 0.1) is 22.4 Å². The first kappa shape index (κ1) is 20.6. The highest BCUT2D eigenvalue weighted by molar-refractivity contribution is 7.98. The fraction of sp³-hybridized carbons (Fsp3) is 0.250. The Kier molecular flexibility index (Phi) is 7.24. The van der Waals surface area contributed by atoms with Gasteiger partial charge in [0.1, 0.15) is 0 Å². The molecule has 3 aromatic rings. The zero-order chi connectivity index (χ0) is 19.9. The third-order valence-electron chi connectivity index (χ3n) is 3.85. The van der Waals surface area contributed by atoms with E-state index < -0.39 is 0 Å². The number of carbonyl (C=O) groups excluding carboxylic acids is 2. The number of thioether (sulfide) groups is 1. The van der Waals surface area contributed by atoms with Gasteiger partial charge in [-0.25, -0.2) is 4.79 Å². The van der Waals surface area contributed by atoms with Crippen molar-refractivity contribution < 1.29 is 14.3 Å². The summed E-state index contributed by atoms with van der Waals surface area (Å²) in [6.07, 6.45) is 5.30. The van der Waals surface area contributed by atoms with Crippen molar-refractivity contribution in [2.24, 2.45) is 4.99 Å². The number of amides is 1. The van der Waals surface area contributed by atoms with E-state index in [4.69, 9.17) is 4.74 Å². The minimum Gasteiger partial charge on any atom is -0.462 e. The minimum absolute atomic E-state index is 0.302. The van der Waals surface area contributed by atoms with E-state index in [-0.39, 0.29) is 11.9 Å². The number of thiophene rings is 1. The van der Waals surface area contributed by atoms with Gasteiger partial charge in [-0.15, -0.1) is 11.3 Å². The number of rotatable bonds is 7. The maximum Gasteiger partial charge on any atom is 0.338 e. The third-order valence-corrected chi connectivity index (χ3v) is 6.32. The molecular weight excluding hydrogens is 412 g/mol. The van der Waals surface area contributed by atoms with Crippen LogP contribution in [0.4, 0.5) is 0 Å². The minimum atomic E-state index is -0.345. The number of ether oxygens (including phenoxy) is 1. The molecule has 0 aliphatic heterocycles. The summed E-state index contributed by atoms with van der Waals surface area (Å²) in [6.45, 7) is 2.85. The van der Waals surface area contributed by atoms with Crippen LogP contribution in [0.5, 0.6) is 0 Å². The van der Waals surface area contributed by atoms with Crippen molar-refractivity contribution >= 4 is 62.6 Å². The maximum absolute atomic E-state index is 12.3. The second-order valence-corrected chi connectivity index (χ2v) is 8.70. The van der Waals surface area contributed by atoms with Gasteiger partial charge in [0.2, 0.25) is 0 Å². The zero-order valence-corrected chi connectivity index (χ0v) is 18.0. The average molecular weight is 433 g/mol. The van der Waals surface area contributed by atoms with E-state index in [1.165, 1.54) is 17.4 Å². The standard InChI is InChI=1S/C20H20N2O3S3/c1-3-25-19(24)14-6-8-16-17(13-14)28-20(22(16)10-12-26-2)21-18(23)9-7-15-5-4-11-27-15/h4-9,11,13H,3,10,12H2,1-2H3/b9-7+,21-20?. The molecule has 0 N–H and O–H groups in total. The molecule has 2 heterocycles. The Balaban J connectivity index is 1.99. The quantitative estimate of drug-likeness (QED) is 0.409. The van der Waals surface area contributed by atoms with E-state index in [0.29, 0.717) is 17.0 Å². The molecule has 5 nitrogen and oxygen atoms in total. The molecule has 0 bridgehead atoms. The second kappa shape index (κ2) is 9.86. The highest BCUT2D eigenvalue weighted by atomic mass is 32.2. The molecule has 1 aromatic carbocycles. The molecule has 0 spiro atoms. The summed E-state index contributed by atoms with van der Waals surface area (Å²) in [6, 6.07) is 9.34. The lowest BCUT2D eigenvalue weighted by molar-refractivity contribution is -0.113. The Morgan fingerprint density at radius 3 is 2.89 bits per heavy atom. The highest BCUT2D eigenvalue weighted by Gasteiger charge is 2.12. The summed E-state index contributed by atoms with van der Waals surface area (Å²) in [5.74, 6) is 0.253. The number of aromatic nitrogens is 1. The number of benzene rings is 1. The number of esters is 1. The van der Waals surface area contributed by atoms with Crippen molar-refractivity contribution in [3.8, 4) is 0 Å². The SMILES string of the molecule is CCOC(=O)c1ccc2c(c1)sc(=NC(=O)/C=C/c1cccs1)n2CCSC. The fourth-order valence-electron chi connectivity index (χ4n) is 2.57. The van der Waals surface area contributed by atoms with Crippen molar-refractivity contribution in [2.75, 3.05) is 18.6 Å². The van der Waals surface area contributed by atoms with E-state index in [9.17, 15) is 9.59 Å². The van der Waals surface area contributed by atoms with Gasteiger partial charge in [0.15, 0.2) is 4.80 Å². The molecule has 1 amide bonds. The van der Waals surface area contributed by atoms with Crippen molar-refractivity contribution in [1.82, 2.24) is 4.57 Å². The van der Waals surface area contributed by atoms with Gasteiger partial charge in [-0.3, -0.25) is 4.79 Å². The Labute approximate surface area is 175 Å². The average Bonchev–Trinajstić information content (AvgIpc) is 3.32. The van der Waals surface area contributed by atoms with Crippen LogP contribution in [0.2, 0.25) is 0 Å². The normalized spacial score (nSPS) is 12.1. The molecule has 0 saturated carbocycles. The number of hydrogen-bond donors (Lipinski definition) is 0. The van der Waals surface area contributed by atoms with Gasteiger partial charge in [0.25, 0.3) is 5.91 Å². The van der Waals surface area contributed by atoms with E-state index >= 15 is 0 Å². The van der Waals surface area contributed by atoms with Gasteiger partial charge < -0.3 is 9.30 Å². The summed E-state index contributed by atoms with van der Waals surface area (Å²) >= 11 is 4.70. The van der Waals surface area contributed by atoms with Crippen LogP contribution < -0.4 is 4.80 Å². The lowest BCUT2D eigenvalue weighted by Gasteiger charge is -2.05. The van der Waals surface area contributed by atoms with Crippen molar-refractivity contribution in [3.63, 3.8) is 0 Å². The van der Waals surface area contributed by atoms with Crippen LogP contribution in [-0.4, -0.2) is 35.1 Å². The number of aryl methyl sites for hydroxylation is 1. The van der Waals surface area contributed by atoms with Gasteiger partial charge in [0, 0.05) is 23.3 Å². The Hall–Kier alpha value is -2.16. The lowest BCUT2D eigenvalue weighted by atomic mass is 10.2. The van der Waals surface area contributed by atoms with E-state index in [0.717, 1.165) is 27.4 Å². The summed E-state index contributed by atoms with van der Waals surface area (Å²) in [7, 11) is 0. The highest BCUT2D eigenvalue weighted by Crippen LogP contribution is 2.20. The lowest BCUT2D eigenvalue weighted by Crippen LogP contribution is -2.17. The molecule has 0 radical (unpaired) electrons. The molecule has 2 aromatic heterocycles. The largest absolute Gasteiger partial charge is 0.462 e. The maximum atomic E-state index is 12.3. The van der Waals surface area contributed by atoms with Crippen LogP contribution in [0.3, 0.4) is 0 Å². The molecule has 0 saturated heterocycles. The first-order valence-corrected chi connectivity index (χ1v) is 11.8. The summed E-state index contributed by atoms with van der Waals surface area (Å²) in [5.41, 5.74) is 1.46. The predicted molar refractivity (Wildman–Crippen MR) is 118 cm³/mol. The van der Waals surface area contributed by atoms with Gasteiger partial charge >= 0.3 is 5.97 Å². The summed E-state index contributed by atoms with van der Waals surface area (Å²) in [4.78, 5) is 30.3. The van der Waals surface area contributed by atoms with Crippen molar-refractivity contribution in [2.45, 2.75) is 13.5 Å². The monoisotopic (exact) mass is 432 g/mol. The topological polar surface area (TPSA) is 60.7 Å². The number of thiazole rings is 1. The molecule has 3 rings (SSSR count). The van der Waals surface area contributed by atoms with Crippen LogP contribution in [-0.2, 0) is 16.1 Å². The van der Waals surface area contributed by atoms with Gasteiger partial charge in [-0.1, -0.05) is 17.4 Å².